The van der Waals surface area contributed by atoms with Crippen LogP contribution in [0.25, 0.3) is 31.9 Å². The Hall–Kier alpha value is -6.25. The molecule has 12 nitrogen and oxygen atoms in total. The summed E-state index contributed by atoms with van der Waals surface area (Å²) in [5, 5.41) is 30.8. The van der Waals surface area contributed by atoms with E-state index < -0.39 is 5.97 Å². The van der Waals surface area contributed by atoms with Gasteiger partial charge >= 0.3 is 5.97 Å². The first-order valence-electron chi connectivity index (χ1n) is 15.9. The number of ether oxygens (including phenoxy) is 1. The quantitative estimate of drug-likeness (QED) is 0.103. The van der Waals surface area contributed by atoms with E-state index in [1.807, 2.05) is 71.6 Å². The third-order valence-corrected chi connectivity index (χ3v) is 10.8. The highest BCUT2D eigenvalue weighted by atomic mass is 32.1. The predicted molar refractivity (Wildman–Crippen MR) is 198 cm³/mol. The maximum atomic E-state index is 13.5. The second kappa shape index (κ2) is 13.2. The van der Waals surface area contributed by atoms with Crippen molar-refractivity contribution in [2.75, 3.05) is 22.5 Å². The molecule has 4 aromatic carbocycles. The molecule has 6 N–H and O–H groups in total. The number of carbonyl (C=O) groups excluding carboxylic acids is 1. The normalized spacial score (nSPS) is 12.5. The van der Waals surface area contributed by atoms with E-state index in [1.165, 1.54) is 22.7 Å². The standard InChI is InChI=1S/C37H29N7O5S2/c38-33-31(45)29(42-43-33)22-12-14-24(15-13-22)49-19-20-8-10-23(11-9-20)32-30(35(47)48)40-37(51-32)44-17-16-21-4-3-5-25(26(21)18-44)34(46)41-36-39-27-6-1-2-7-28(27)50-36/h1-15,45H,16-19H2,(H,47,48)(H3,38,42,43)(H,39,41,46). The Morgan fingerprint density at radius 3 is 2.47 bits per heavy atom. The first-order chi connectivity index (χ1) is 24.8. The number of aromatic amines is 1. The summed E-state index contributed by atoms with van der Waals surface area (Å²) in [6.07, 6.45) is 0.687. The van der Waals surface area contributed by atoms with E-state index in [-0.39, 0.29) is 23.2 Å². The number of rotatable bonds is 9. The van der Waals surface area contributed by atoms with E-state index in [4.69, 9.17) is 10.5 Å². The molecule has 7 aromatic rings. The molecule has 51 heavy (non-hydrogen) atoms. The van der Waals surface area contributed by atoms with E-state index in [0.29, 0.717) is 63.8 Å². The van der Waals surface area contributed by atoms with Crippen LogP contribution in [0.3, 0.4) is 0 Å². The van der Waals surface area contributed by atoms with Gasteiger partial charge in [0.2, 0.25) is 0 Å². The number of carboxylic acid groups (broad SMARTS) is 1. The molecule has 3 aromatic heterocycles. The van der Waals surface area contributed by atoms with E-state index in [1.54, 1.807) is 24.3 Å². The number of carboxylic acids is 1. The molecule has 0 aliphatic carbocycles. The number of benzene rings is 4. The van der Waals surface area contributed by atoms with Gasteiger partial charge in [-0.2, -0.15) is 5.10 Å². The smallest absolute Gasteiger partial charge is 0.356 e. The van der Waals surface area contributed by atoms with E-state index in [2.05, 4.69) is 25.5 Å². The Morgan fingerprint density at radius 2 is 1.73 bits per heavy atom. The van der Waals surface area contributed by atoms with Crippen LogP contribution in [0.15, 0.2) is 91.0 Å². The second-order valence-electron chi connectivity index (χ2n) is 11.9. The van der Waals surface area contributed by atoms with Crippen LogP contribution in [0.2, 0.25) is 0 Å². The number of thiazole rings is 2. The zero-order chi connectivity index (χ0) is 35.1. The summed E-state index contributed by atoms with van der Waals surface area (Å²) in [5.41, 5.74) is 11.7. The number of aromatic nitrogens is 4. The Morgan fingerprint density at radius 1 is 0.941 bits per heavy atom. The van der Waals surface area contributed by atoms with Crippen molar-refractivity contribution in [1.82, 2.24) is 20.2 Å². The van der Waals surface area contributed by atoms with Crippen molar-refractivity contribution in [3.63, 3.8) is 0 Å². The lowest BCUT2D eigenvalue weighted by Crippen LogP contribution is -2.32. The number of hydrogen-bond donors (Lipinski definition) is 5. The number of nitrogens with two attached hydrogens (primary N) is 1. The van der Waals surface area contributed by atoms with Gasteiger partial charge in [0.25, 0.3) is 5.91 Å². The molecule has 0 spiro atoms. The van der Waals surface area contributed by atoms with Crippen molar-refractivity contribution < 1.29 is 24.5 Å². The fourth-order valence-corrected chi connectivity index (χ4v) is 7.96. The number of H-pyrrole nitrogens is 1. The molecule has 0 saturated carbocycles. The SMILES string of the molecule is Nc1[nH]nc(-c2ccc(OCc3ccc(-c4sc(N5CCc6cccc(C(=O)Nc7nc8ccccc8s7)c6C5)nc4C(=O)O)cc3)cc2)c1O. The Balaban J connectivity index is 0.968. The minimum atomic E-state index is -1.11. The minimum Gasteiger partial charge on any atom is -0.503 e. The molecule has 0 fully saturated rings. The van der Waals surface area contributed by atoms with Crippen LogP contribution in [0.5, 0.6) is 11.5 Å². The zero-order valence-corrected chi connectivity index (χ0v) is 28.4. The third kappa shape index (κ3) is 6.33. The van der Waals surface area contributed by atoms with Crippen LogP contribution < -0.4 is 20.7 Å². The van der Waals surface area contributed by atoms with Gasteiger partial charge in [0.1, 0.15) is 18.1 Å². The lowest BCUT2D eigenvalue weighted by molar-refractivity contribution is 0.0692. The highest BCUT2D eigenvalue weighted by Gasteiger charge is 2.27. The van der Waals surface area contributed by atoms with Gasteiger partial charge < -0.3 is 25.6 Å². The zero-order valence-electron chi connectivity index (χ0n) is 26.8. The summed E-state index contributed by atoms with van der Waals surface area (Å²) in [7, 11) is 0. The van der Waals surface area contributed by atoms with Crippen LogP contribution >= 0.6 is 22.7 Å². The van der Waals surface area contributed by atoms with Crippen molar-refractivity contribution in [3.8, 4) is 33.2 Å². The Bertz CT molecular complexity index is 2390. The van der Waals surface area contributed by atoms with Gasteiger partial charge in [-0.05, 0) is 71.1 Å². The number of hydrogen-bond acceptors (Lipinski definition) is 11. The molecule has 0 saturated heterocycles. The van der Waals surface area contributed by atoms with Crippen LogP contribution in [0.1, 0.15) is 37.5 Å². The molecule has 14 heteroatoms. The summed E-state index contributed by atoms with van der Waals surface area (Å²) in [4.78, 5) is 37.5. The van der Waals surface area contributed by atoms with E-state index >= 15 is 0 Å². The minimum absolute atomic E-state index is 0.0172. The van der Waals surface area contributed by atoms with Crippen LogP contribution in [-0.4, -0.2) is 48.8 Å². The Labute approximate surface area is 298 Å². The molecule has 8 rings (SSSR count). The van der Waals surface area contributed by atoms with Crippen LogP contribution in [0, 0.1) is 0 Å². The van der Waals surface area contributed by atoms with Crippen molar-refractivity contribution >= 4 is 60.8 Å². The van der Waals surface area contributed by atoms with Gasteiger partial charge in [0.05, 0.1) is 15.1 Å². The summed E-state index contributed by atoms with van der Waals surface area (Å²) >= 11 is 2.75. The van der Waals surface area contributed by atoms with Gasteiger partial charge in [-0.25, -0.2) is 14.8 Å². The highest BCUT2D eigenvalue weighted by Crippen LogP contribution is 2.38. The summed E-state index contributed by atoms with van der Waals surface area (Å²) in [6, 6.07) is 28.1. The average Bonchev–Trinajstić information content (AvgIpc) is 3.87. The number of nitrogens with zero attached hydrogens (tertiary/aromatic N) is 4. The van der Waals surface area contributed by atoms with Crippen LogP contribution in [-0.2, 0) is 19.6 Å². The summed E-state index contributed by atoms with van der Waals surface area (Å²) < 4.78 is 6.95. The number of amides is 1. The molecule has 0 radical (unpaired) electrons. The number of nitrogens with one attached hydrogen (secondary N) is 2. The molecule has 1 aliphatic heterocycles. The first-order valence-corrected chi connectivity index (χ1v) is 17.6. The molecule has 254 valence electrons. The van der Waals surface area contributed by atoms with Crippen molar-refractivity contribution in [2.45, 2.75) is 19.6 Å². The fraction of sp³-hybridized carbons (Fsp3) is 0.108. The maximum Gasteiger partial charge on any atom is 0.356 e. The monoisotopic (exact) mass is 715 g/mol. The fourth-order valence-electron chi connectivity index (χ4n) is 6.01. The predicted octanol–water partition coefficient (Wildman–Crippen LogP) is 7.19. The summed E-state index contributed by atoms with van der Waals surface area (Å²) in [6.45, 7) is 1.34. The number of carbonyl (C=O) groups is 2. The van der Waals surface area contributed by atoms with Gasteiger partial charge in [-0.1, -0.05) is 71.2 Å². The average molecular weight is 716 g/mol. The molecule has 0 unspecified atom stereocenters. The van der Waals surface area contributed by atoms with E-state index in [0.717, 1.165) is 32.5 Å². The lowest BCUT2D eigenvalue weighted by Gasteiger charge is -2.29. The van der Waals surface area contributed by atoms with Gasteiger partial charge in [-0.3, -0.25) is 15.2 Å². The molecular formula is C37H29N7O5S2. The number of aromatic carboxylic acids is 1. The Kier molecular flexibility index (Phi) is 8.29. The maximum absolute atomic E-state index is 13.5. The third-order valence-electron chi connectivity index (χ3n) is 8.64. The number of anilines is 3. The first kappa shape index (κ1) is 32.0. The van der Waals surface area contributed by atoms with Gasteiger partial charge in [0, 0.05) is 24.2 Å². The topological polar surface area (TPSA) is 180 Å². The number of para-hydroxylation sites is 1. The molecular weight excluding hydrogens is 687 g/mol. The van der Waals surface area contributed by atoms with Crippen molar-refractivity contribution in [1.29, 1.82) is 0 Å². The molecule has 1 aliphatic rings. The van der Waals surface area contributed by atoms with Gasteiger partial charge in [-0.15, -0.1) is 0 Å². The van der Waals surface area contributed by atoms with Crippen molar-refractivity contribution in [3.05, 3.63) is 119 Å². The highest BCUT2D eigenvalue weighted by molar-refractivity contribution is 7.22. The van der Waals surface area contributed by atoms with Crippen molar-refractivity contribution in [2.24, 2.45) is 0 Å². The largest absolute Gasteiger partial charge is 0.503 e. The second-order valence-corrected chi connectivity index (χ2v) is 13.9. The van der Waals surface area contributed by atoms with Gasteiger partial charge in [0.15, 0.2) is 27.5 Å². The molecule has 0 bridgehead atoms. The molecule has 1 amide bonds. The number of aromatic hydroxyl groups is 1. The van der Waals surface area contributed by atoms with Crippen LogP contribution in [0.4, 0.5) is 16.1 Å². The number of nitrogen functional groups attached to an aromatic ring is 1. The van der Waals surface area contributed by atoms with E-state index in [9.17, 15) is 19.8 Å². The molecule has 4 heterocycles. The summed E-state index contributed by atoms with van der Waals surface area (Å²) in [5.74, 6) is -0.706. The molecule has 0 atom stereocenters. The lowest BCUT2D eigenvalue weighted by atomic mass is 9.94. The number of fused-ring (bicyclic) bond motifs is 2.